The average Bonchev–Trinajstić information content (AvgIpc) is 2.49. The van der Waals surface area contributed by atoms with Crippen LogP contribution in [0.4, 0.5) is 11.6 Å². The van der Waals surface area contributed by atoms with Crippen molar-refractivity contribution in [2.75, 3.05) is 11.5 Å². The van der Waals surface area contributed by atoms with Crippen LogP contribution in [0.25, 0.3) is 0 Å². The summed E-state index contributed by atoms with van der Waals surface area (Å²) in [5, 5.41) is 0.731. The van der Waals surface area contributed by atoms with Crippen LogP contribution in [-0.4, -0.2) is 9.97 Å². The lowest BCUT2D eigenvalue weighted by Gasteiger charge is -2.08. The zero-order valence-electron chi connectivity index (χ0n) is 11.3. The van der Waals surface area contributed by atoms with E-state index < -0.39 is 8.25 Å². The maximum atomic E-state index is 11.7. The molecule has 2 heterocycles. The van der Waals surface area contributed by atoms with Gasteiger partial charge in [-0.05, 0) is 24.3 Å². The number of nitrogen functional groups attached to an aromatic ring is 2. The molecule has 0 aliphatic heterocycles. The van der Waals surface area contributed by atoms with E-state index >= 15 is 0 Å². The van der Waals surface area contributed by atoms with E-state index in [0.29, 0.717) is 33.1 Å². The summed E-state index contributed by atoms with van der Waals surface area (Å²) in [5.41, 5.74) is 11.8. The van der Waals surface area contributed by atoms with E-state index in [0.717, 1.165) is 0 Å². The Labute approximate surface area is 137 Å². The smallest absolute Gasteiger partial charge is 0.319 e. The largest absolute Gasteiger partial charge is 0.384 e. The first-order valence-corrected chi connectivity index (χ1v) is 8.05. The molecule has 0 aliphatic rings. The monoisotopic (exact) mass is 362 g/mol. The molecular weight excluding hydrogens is 350 g/mol. The highest BCUT2D eigenvalue weighted by Gasteiger charge is 2.09. The predicted molar refractivity (Wildman–Crippen MR) is 85.9 cm³/mol. The second kappa shape index (κ2) is 7.76. The molecule has 0 bridgehead atoms. The Bertz CT molecular complexity index is 645. The zero-order chi connectivity index (χ0) is 16.1. The highest BCUT2D eigenvalue weighted by Crippen LogP contribution is 2.29. The van der Waals surface area contributed by atoms with Crippen molar-refractivity contribution in [1.82, 2.24) is 9.97 Å². The third-order valence-electron chi connectivity index (χ3n) is 2.53. The Morgan fingerprint density at radius 1 is 0.909 bits per heavy atom. The molecular formula is C12H13Cl2N4O3P. The van der Waals surface area contributed by atoms with Crippen molar-refractivity contribution in [1.29, 1.82) is 0 Å². The average molecular weight is 363 g/mol. The van der Waals surface area contributed by atoms with E-state index in [9.17, 15) is 4.57 Å². The van der Waals surface area contributed by atoms with Gasteiger partial charge in [-0.15, -0.1) is 0 Å². The summed E-state index contributed by atoms with van der Waals surface area (Å²) in [7, 11) is -2.77. The number of anilines is 2. The Morgan fingerprint density at radius 2 is 1.32 bits per heavy atom. The molecule has 0 saturated heterocycles. The van der Waals surface area contributed by atoms with Gasteiger partial charge in [0, 0.05) is 0 Å². The fourth-order valence-corrected chi connectivity index (χ4v) is 2.41. The van der Waals surface area contributed by atoms with Crippen LogP contribution in [0.3, 0.4) is 0 Å². The maximum Gasteiger partial charge on any atom is 0.319 e. The van der Waals surface area contributed by atoms with E-state index in [-0.39, 0.29) is 13.2 Å². The molecule has 0 amide bonds. The minimum absolute atomic E-state index is 0.0836. The lowest BCUT2D eigenvalue weighted by atomic mass is 10.3. The van der Waals surface area contributed by atoms with Crippen molar-refractivity contribution in [3.8, 4) is 0 Å². The van der Waals surface area contributed by atoms with E-state index in [1.807, 2.05) is 0 Å². The van der Waals surface area contributed by atoms with Crippen LogP contribution in [0.5, 0.6) is 0 Å². The van der Waals surface area contributed by atoms with Crippen molar-refractivity contribution < 1.29 is 13.6 Å². The summed E-state index contributed by atoms with van der Waals surface area (Å²) in [5.74, 6) is 0.582. The van der Waals surface area contributed by atoms with E-state index in [4.69, 9.17) is 43.7 Å². The maximum absolute atomic E-state index is 11.7. The lowest BCUT2D eigenvalue weighted by molar-refractivity contribution is 0.209. The van der Waals surface area contributed by atoms with Gasteiger partial charge in [0.2, 0.25) is 0 Å². The highest BCUT2D eigenvalue weighted by molar-refractivity contribution is 7.33. The van der Waals surface area contributed by atoms with Crippen molar-refractivity contribution in [2.24, 2.45) is 0 Å². The van der Waals surface area contributed by atoms with Gasteiger partial charge in [0.25, 0.3) is 0 Å². The normalized spacial score (nSPS) is 11.0. The van der Waals surface area contributed by atoms with Gasteiger partial charge < -0.3 is 20.5 Å². The summed E-state index contributed by atoms with van der Waals surface area (Å²) in [6.45, 7) is -0.167. The third-order valence-corrected chi connectivity index (χ3v) is 3.98. The van der Waals surface area contributed by atoms with Gasteiger partial charge in [-0.1, -0.05) is 23.2 Å². The molecule has 0 spiro atoms. The molecule has 0 unspecified atom stereocenters. The molecule has 0 aromatic carbocycles. The summed E-state index contributed by atoms with van der Waals surface area (Å²) < 4.78 is 21.9. The first-order chi connectivity index (χ1) is 10.5. The predicted octanol–water partition coefficient (Wildman–Crippen LogP) is 3.07. The van der Waals surface area contributed by atoms with Crippen LogP contribution in [-0.2, 0) is 26.8 Å². The van der Waals surface area contributed by atoms with Crippen LogP contribution in [0.1, 0.15) is 11.4 Å². The third kappa shape index (κ3) is 4.83. The van der Waals surface area contributed by atoms with Crippen LogP contribution in [0.15, 0.2) is 24.3 Å². The molecule has 0 radical (unpaired) electrons. The van der Waals surface area contributed by atoms with Gasteiger partial charge in [0.1, 0.15) is 11.6 Å². The second-order valence-corrected chi connectivity index (χ2v) is 6.05. The van der Waals surface area contributed by atoms with Gasteiger partial charge >= 0.3 is 8.25 Å². The molecule has 7 nitrogen and oxygen atoms in total. The van der Waals surface area contributed by atoms with Gasteiger partial charge in [0.05, 0.1) is 34.6 Å². The lowest BCUT2D eigenvalue weighted by Crippen LogP contribution is -1.99. The first-order valence-electron chi connectivity index (χ1n) is 6.07. The minimum atomic E-state index is -2.77. The molecule has 0 atom stereocenters. The van der Waals surface area contributed by atoms with Crippen LogP contribution in [0, 0.1) is 0 Å². The minimum Gasteiger partial charge on any atom is -0.384 e. The SMILES string of the molecule is Nc1ccc(Cl)c(CO[PH](=O)OCc2nc(N)ccc2Cl)n1. The topological polar surface area (TPSA) is 113 Å². The number of pyridine rings is 2. The summed E-state index contributed by atoms with van der Waals surface area (Å²) in [4.78, 5) is 7.96. The zero-order valence-corrected chi connectivity index (χ0v) is 13.8. The standard InChI is InChI=1S/C12H13Cl2N4O3P/c13-7-1-3-11(15)17-9(7)5-20-22(19)21-6-10-8(14)2-4-12(16)18-10/h1-4,22H,5-6H2,(H2,15,17)(H2,16,18). The summed E-state index contributed by atoms with van der Waals surface area (Å²) in [6.07, 6.45) is 0. The number of nitrogens with zero attached hydrogens (tertiary/aromatic N) is 2. The molecule has 2 rings (SSSR count). The fraction of sp³-hybridized carbons (Fsp3) is 0.167. The van der Waals surface area contributed by atoms with E-state index in [2.05, 4.69) is 9.97 Å². The van der Waals surface area contributed by atoms with Crippen LogP contribution in [0.2, 0.25) is 10.0 Å². The highest BCUT2D eigenvalue weighted by atomic mass is 35.5. The summed E-state index contributed by atoms with van der Waals surface area (Å²) in [6, 6.07) is 6.27. The first kappa shape index (κ1) is 17.0. The molecule has 4 N–H and O–H groups in total. The molecule has 10 heteroatoms. The fourth-order valence-electron chi connectivity index (χ4n) is 1.50. The number of halogens is 2. The van der Waals surface area contributed by atoms with Gasteiger partial charge in [-0.2, -0.15) is 0 Å². The number of hydrogen-bond acceptors (Lipinski definition) is 7. The summed E-state index contributed by atoms with van der Waals surface area (Å²) >= 11 is 11.8. The van der Waals surface area contributed by atoms with Crippen molar-refractivity contribution in [2.45, 2.75) is 13.2 Å². The van der Waals surface area contributed by atoms with Crippen molar-refractivity contribution in [3.05, 3.63) is 45.7 Å². The van der Waals surface area contributed by atoms with Gasteiger partial charge in [-0.25, -0.2) is 9.97 Å². The molecule has 22 heavy (non-hydrogen) atoms. The van der Waals surface area contributed by atoms with Gasteiger partial charge in [-0.3, -0.25) is 4.57 Å². The Kier molecular flexibility index (Phi) is 5.99. The number of rotatable bonds is 6. The molecule has 0 saturated carbocycles. The quantitative estimate of drug-likeness (QED) is 0.758. The molecule has 0 fully saturated rings. The number of aromatic nitrogens is 2. The van der Waals surface area contributed by atoms with Crippen LogP contribution < -0.4 is 11.5 Å². The van der Waals surface area contributed by atoms with Crippen molar-refractivity contribution >= 4 is 43.1 Å². The van der Waals surface area contributed by atoms with Gasteiger partial charge in [0.15, 0.2) is 0 Å². The van der Waals surface area contributed by atoms with Crippen LogP contribution >= 0.6 is 31.5 Å². The molecule has 118 valence electrons. The number of nitrogens with two attached hydrogens (primary N) is 2. The molecule has 0 aliphatic carbocycles. The molecule has 2 aromatic rings. The van der Waals surface area contributed by atoms with E-state index in [1.165, 1.54) is 0 Å². The van der Waals surface area contributed by atoms with E-state index in [1.54, 1.807) is 24.3 Å². The Hall–Kier alpha value is -1.37. The van der Waals surface area contributed by atoms with Crippen molar-refractivity contribution in [3.63, 3.8) is 0 Å². The Morgan fingerprint density at radius 3 is 1.73 bits per heavy atom. The molecule has 2 aromatic heterocycles. The second-order valence-electron chi connectivity index (χ2n) is 4.16. The number of hydrogen-bond donors (Lipinski definition) is 2. The Balaban J connectivity index is 1.88.